The number of amides is 2. The minimum Gasteiger partial charge on any atom is -0.466 e. The minimum atomic E-state index is -0.0477. The Morgan fingerprint density at radius 2 is 1.57 bits per heavy atom. The van der Waals surface area contributed by atoms with E-state index in [2.05, 4.69) is 5.10 Å². The number of benzene rings is 1. The van der Waals surface area contributed by atoms with Crippen LogP contribution in [-0.4, -0.2) is 57.6 Å². The van der Waals surface area contributed by atoms with Gasteiger partial charge in [-0.3, -0.25) is 9.59 Å². The second-order valence-electron chi connectivity index (χ2n) is 6.88. The summed E-state index contributed by atoms with van der Waals surface area (Å²) in [5.74, 6) is 1.27. The Morgan fingerprint density at radius 1 is 0.929 bits per heavy atom. The number of aromatic nitrogens is 2. The Morgan fingerprint density at radius 3 is 2.14 bits per heavy atom. The maximum absolute atomic E-state index is 13.1. The third-order valence-electron chi connectivity index (χ3n) is 5.01. The Kier molecular flexibility index (Phi) is 4.73. The third-order valence-corrected chi connectivity index (χ3v) is 5.01. The molecule has 0 saturated carbocycles. The number of piperazine rings is 1. The SMILES string of the molecule is Cc1cc(C(=O)N2CCN(C(=O)c3ccccc3-n3cccn3)CC2)c(C)o1. The van der Waals surface area contributed by atoms with Crippen molar-refractivity contribution in [2.75, 3.05) is 26.2 Å². The zero-order chi connectivity index (χ0) is 19.7. The van der Waals surface area contributed by atoms with Crippen LogP contribution in [-0.2, 0) is 0 Å². The predicted molar refractivity (Wildman–Crippen MR) is 104 cm³/mol. The van der Waals surface area contributed by atoms with Crippen molar-refractivity contribution in [3.8, 4) is 5.69 Å². The standard InChI is InChI=1S/C21H22N4O3/c1-15-14-18(16(2)28-15)21(27)24-12-10-23(11-13-24)20(26)17-6-3-4-7-19(17)25-9-5-8-22-25/h3-9,14H,10-13H2,1-2H3. The van der Waals surface area contributed by atoms with Crippen LogP contribution >= 0.6 is 0 Å². The fraction of sp³-hybridized carbons (Fsp3) is 0.286. The average molecular weight is 378 g/mol. The molecule has 1 fully saturated rings. The van der Waals surface area contributed by atoms with E-state index in [4.69, 9.17) is 4.42 Å². The molecule has 0 bridgehead atoms. The summed E-state index contributed by atoms with van der Waals surface area (Å²) in [6.45, 7) is 5.61. The van der Waals surface area contributed by atoms with E-state index in [1.54, 1.807) is 33.7 Å². The molecule has 1 aliphatic heterocycles. The smallest absolute Gasteiger partial charge is 0.257 e. The van der Waals surface area contributed by atoms with Gasteiger partial charge >= 0.3 is 0 Å². The van der Waals surface area contributed by atoms with Crippen molar-refractivity contribution in [1.29, 1.82) is 0 Å². The fourth-order valence-corrected chi connectivity index (χ4v) is 3.56. The quantitative estimate of drug-likeness (QED) is 0.703. The summed E-state index contributed by atoms with van der Waals surface area (Å²) in [6, 6.07) is 11.0. The molecule has 3 heterocycles. The van der Waals surface area contributed by atoms with Gasteiger partial charge in [-0.1, -0.05) is 12.1 Å². The molecule has 7 nitrogen and oxygen atoms in total. The highest BCUT2D eigenvalue weighted by Crippen LogP contribution is 2.19. The van der Waals surface area contributed by atoms with E-state index in [0.717, 1.165) is 11.4 Å². The van der Waals surface area contributed by atoms with Crippen molar-refractivity contribution < 1.29 is 14.0 Å². The molecular weight excluding hydrogens is 356 g/mol. The van der Waals surface area contributed by atoms with Gasteiger partial charge in [-0.05, 0) is 38.1 Å². The zero-order valence-electron chi connectivity index (χ0n) is 16.0. The first-order chi connectivity index (χ1) is 13.5. The molecule has 0 radical (unpaired) electrons. The Bertz CT molecular complexity index is 999. The minimum absolute atomic E-state index is 0.0432. The van der Waals surface area contributed by atoms with Crippen LogP contribution in [0, 0.1) is 13.8 Å². The van der Waals surface area contributed by atoms with Gasteiger partial charge in [0.25, 0.3) is 11.8 Å². The first-order valence-electron chi connectivity index (χ1n) is 9.29. The van der Waals surface area contributed by atoms with Crippen LogP contribution in [0.2, 0.25) is 0 Å². The number of aryl methyl sites for hydroxylation is 2. The van der Waals surface area contributed by atoms with E-state index < -0.39 is 0 Å². The first-order valence-corrected chi connectivity index (χ1v) is 9.29. The Labute approximate surface area is 163 Å². The number of hydrogen-bond donors (Lipinski definition) is 0. The van der Waals surface area contributed by atoms with Gasteiger partial charge in [-0.15, -0.1) is 0 Å². The third kappa shape index (κ3) is 3.31. The highest BCUT2D eigenvalue weighted by Gasteiger charge is 2.28. The molecule has 144 valence electrons. The van der Waals surface area contributed by atoms with Gasteiger partial charge in [-0.25, -0.2) is 4.68 Å². The molecule has 0 N–H and O–H groups in total. The molecule has 1 aromatic carbocycles. The molecule has 4 rings (SSSR count). The maximum atomic E-state index is 13.1. The molecule has 3 aromatic rings. The molecule has 2 aromatic heterocycles. The number of hydrogen-bond acceptors (Lipinski definition) is 4. The lowest BCUT2D eigenvalue weighted by molar-refractivity contribution is 0.0534. The van der Waals surface area contributed by atoms with Crippen LogP contribution in [0.15, 0.2) is 53.2 Å². The Balaban J connectivity index is 1.47. The van der Waals surface area contributed by atoms with E-state index >= 15 is 0 Å². The number of furan rings is 1. The van der Waals surface area contributed by atoms with Crippen LogP contribution in [0.25, 0.3) is 5.69 Å². The van der Waals surface area contributed by atoms with Crippen LogP contribution < -0.4 is 0 Å². The molecule has 1 aliphatic rings. The molecule has 0 atom stereocenters. The summed E-state index contributed by atoms with van der Waals surface area (Å²) in [5, 5.41) is 4.24. The molecule has 1 saturated heterocycles. The number of rotatable bonds is 3. The molecular formula is C21H22N4O3. The van der Waals surface area contributed by atoms with Gasteiger partial charge in [0.05, 0.1) is 16.8 Å². The number of nitrogens with zero attached hydrogens (tertiary/aromatic N) is 4. The number of para-hydroxylation sites is 1. The van der Waals surface area contributed by atoms with Crippen LogP contribution in [0.5, 0.6) is 0 Å². The van der Waals surface area contributed by atoms with Gasteiger partial charge in [0, 0.05) is 38.6 Å². The average Bonchev–Trinajstić information content (AvgIpc) is 3.36. The summed E-state index contributed by atoms with van der Waals surface area (Å²) in [7, 11) is 0. The van der Waals surface area contributed by atoms with Crippen molar-refractivity contribution in [1.82, 2.24) is 19.6 Å². The lowest BCUT2D eigenvalue weighted by atomic mass is 10.1. The highest BCUT2D eigenvalue weighted by atomic mass is 16.3. The zero-order valence-corrected chi connectivity index (χ0v) is 16.0. The van der Waals surface area contributed by atoms with Crippen LogP contribution in [0.3, 0.4) is 0 Å². The second kappa shape index (κ2) is 7.34. The topological polar surface area (TPSA) is 71.6 Å². The number of carbonyl (C=O) groups excluding carboxylic acids is 2. The lowest BCUT2D eigenvalue weighted by Gasteiger charge is -2.35. The second-order valence-corrected chi connectivity index (χ2v) is 6.88. The van der Waals surface area contributed by atoms with Crippen molar-refractivity contribution in [2.24, 2.45) is 0 Å². The van der Waals surface area contributed by atoms with Crippen molar-refractivity contribution in [3.63, 3.8) is 0 Å². The monoisotopic (exact) mass is 378 g/mol. The molecule has 0 aliphatic carbocycles. The van der Waals surface area contributed by atoms with E-state index in [1.807, 2.05) is 43.5 Å². The van der Waals surface area contributed by atoms with Crippen molar-refractivity contribution in [3.05, 3.63) is 71.4 Å². The molecule has 0 unspecified atom stereocenters. The summed E-state index contributed by atoms with van der Waals surface area (Å²) < 4.78 is 7.16. The summed E-state index contributed by atoms with van der Waals surface area (Å²) in [4.78, 5) is 29.4. The van der Waals surface area contributed by atoms with E-state index in [9.17, 15) is 9.59 Å². The highest BCUT2D eigenvalue weighted by molar-refractivity contribution is 5.98. The summed E-state index contributed by atoms with van der Waals surface area (Å²) >= 11 is 0. The van der Waals surface area contributed by atoms with Crippen molar-refractivity contribution in [2.45, 2.75) is 13.8 Å². The maximum Gasteiger partial charge on any atom is 0.257 e. The van der Waals surface area contributed by atoms with Gasteiger partial charge < -0.3 is 14.2 Å². The van der Waals surface area contributed by atoms with Gasteiger partial charge in [-0.2, -0.15) is 5.10 Å². The van der Waals surface area contributed by atoms with Crippen LogP contribution in [0.4, 0.5) is 0 Å². The first kappa shape index (κ1) is 18.0. The van der Waals surface area contributed by atoms with E-state index in [0.29, 0.717) is 43.1 Å². The lowest BCUT2D eigenvalue weighted by Crippen LogP contribution is -2.50. The number of carbonyl (C=O) groups is 2. The van der Waals surface area contributed by atoms with Gasteiger partial charge in [0.2, 0.25) is 0 Å². The summed E-state index contributed by atoms with van der Waals surface area (Å²) in [6.07, 6.45) is 3.50. The van der Waals surface area contributed by atoms with Gasteiger partial charge in [0.1, 0.15) is 11.5 Å². The van der Waals surface area contributed by atoms with E-state index in [-0.39, 0.29) is 11.8 Å². The fourth-order valence-electron chi connectivity index (χ4n) is 3.56. The largest absolute Gasteiger partial charge is 0.466 e. The van der Waals surface area contributed by atoms with Crippen molar-refractivity contribution >= 4 is 11.8 Å². The molecule has 28 heavy (non-hydrogen) atoms. The normalized spacial score (nSPS) is 14.4. The molecule has 0 spiro atoms. The Hall–Kier alpha value is -3.35. The van der Waals surface area contributed by atoms with E-state index in [1.165, 1.54) is 0 Å². The molecule has 7 heteroatoms. The van der Waals surface area contributed by atoms with Crippen LogP contribution in [0.1, 0.15) is 32.2 Å². The predicted octanol–water partition coefficient (Wildman–Crippen LogP) is 2.68. The van der Waals surface area contributed by atoms with Gasteiger partial charge in [0.15, 0.2) is 0 Å². The summed E-state index contributed by atoms with van der Waals surface area (Å²) in [5.41, 5.74) is 1.95. The molecule has 2 amide bonds.